The van der Waals surface area contributed by atoms with Gasteiger partial charge in [0.05, 0.1) is 0 Å². The van der Waals surface area contributed by atoms with E-state index in [9.17, 15) is 9.35 Å². The fraction of sp³-hybridized carbons (Fsp3) is 0.125. The van der Waals surface area contributed by atoms with E-state index in [-0.39, 0.29) is 0 Å². The zero-order chi connectivity index (χ0) is 10.6. The molecule has 2 unspecified atom stereocenters. The second-order valence-electron chi connectivity index (χ2n) is 2.44. The lowest BCUT2D eigenvalue weighted by Crippen LogP contribution is -2.40. The average Bonchev–Trinajstić information content (AvgIpc) is 2.27. The first-order chi connectivity index (χ1) is 6.66. The minimum absolute atomic E-state index is 0.496. The van der Waals surface area contributed by atoms with Crippen molar-refractivity contribution in [1.29, 1.82) is 0 Å². The number of alkyl halides is 1. The van der Waals surface area contributed by atoms with Crippen molar-refractivity contribution in [2.75, 3.05) is 0 Å². The molecule has 0 saturated carbocycles. The number of hydrogen-bond acceptors (Lipinski definition) is 3. The molecule has 0 heterocycles. The first kappa shape index (κ1) is 11.3. The summed E-state index contributed by atoms with van der Waals surface area (Å²) in [4.78, 5) is 11.5. The van der Waals surface area contributed by atoms with Gasteiger partial charge in [0.25, 0.3) is 4.71 Å². The molecule has 0 saturated heterocycles. The van der Waals surface area contributed by atoms with Gasteiger partial charge in [0, 0.05) is 11.2 Å². The van der Waals surface area contributed by atoms with Gasteiger partial charge in [0.1, 0.15) is 0 Å². The summed E-state index contributed by atoms with van der Waals surface area (Å²) in [6, 6.07) is 8.49. The van der Waals surface area contributed by atoms with Gasteiger partial charge in [-0.2, -0.15) is 0 Å². The highest BCUT2D eigenvalue weighted by molar-refractivity contribution is 7.94. The van der Waals surface area contributed by atoms with E-state index in [1.807, 2.05) is 5.43 Å². The fourth-order valence-corrected chi connectivity index (χ4v) is 2.14. The molecule has 3 N–H and O–H groups in total. The molecule has 0 bridgehead atoms. The molecule has 1 amide bonds. The summed E-state index contributed by atoms with van der Waals surface area (Å²) in [5.74, 6) is 4.21. The predicted molar refractivity (Wildman–Crippen MR) is 54.8 cm³/mol. The van der Waals surface area contributed by atoms with Crippen LogP contribution in [0.2, 0.25) is 0 Å². The Balaban J connectivity index is 2.75. The Morgan fingerprint density at radius 2 is 2.07 bits per heavy atom. The van der Waals surface area contributed by atoms with Gasteiger partial charge in [-0.25, -0.2) is 5.84 Å². The van der Waals surface area contributed by atoms with Crippen LogP contribution in [0.25, 0.3) is 0 Å². The molecule has 0 aliphatic carbocycles. The molecule has 0 aromatic heterocycles. The van der Waals surface area contributed by atoms with Crippen molar-refractivity contribution in [3.05, 3.63) is 30.3 Å². The van der Waals surface area contributed by atoms with Crippen LogP contribution in [-0.4, -0.2) is 15.2 Å². The van der Waals surface area contributed by atoms with E-state index in [0.717, 1.165) is 0 Å². The largest absolute Gasteiger partial charge is 0.610 e. The second-order valence-corrected chi connectivity index (χ2v) is 4.67. The molecule has 1 aromatic rings. The molecule has 14 heavy (non-hydrogen) atoms. The van der Waals surface area contributed by atoms with Crippen molar-refractivity contribution < 1.29 is 9.35 Å². The van der Waals surface area contributed by atoms with E-state index in [2.05, 4.69) is 0 Å². The molecule has 0 radical (unpaired) electrons. The molecule has 4 nitrogen and oxygen atoms in total. The van der Waals surface area contributed by atoms with Crippen LogP contribution in [0, 0.1) is 0 Å². The molecule has 6 heteroatoms. The quantitative estimate of drug-likeness (QED) is 0.260. The van der Waals surface area contributed by atoms with Crippen molar-refractivity contribution in [3.63, 3.8) is 0 Å². The van der Waals surface area contributed by atoms with E-state index in [1.165, 1.54) is 0 Å². The Kier molecular flexibility index (Phi) is 4.21. The normalized spacial score (nSPS) is 14.5. The van der Waals surface area contributed by atoms with Crippen LogP contribution >= 0.6 is 11.6 Å². The third-order valence-electron chi connectivity index (χ3n) is 1.51. The zero-order valence-corrected chi connectivity index (χ0v) is 8.72. The van der Waals surface area contributed by atoms with Gasteiger partial charge in [-0.1, -0.05) is 29.8 Å². The maximum Gasteiger partial charge on any atom is 0.303 e. The van der Waals surface area contributed by atoms with Gasteiger partial charge < -0.3 is 4.55 Å². The summed E-state index contributed by atoms with van der Waals surface area (Å²) in [7, 11) is 0. The SMILES string of the molecule is NNC(=O)C(Cl)[S+]([O-])c1ccccc1. The maximum absolute atomic E-state index is 11.6. The lowest BCUT2D eigenvalue weighted by molar-refractivity contribution is -0.119. The van der Waals surface area contributed by atoms with Crippen LogP contribution in [0.3, 0.4) is 0 Å². The Labute approximate surface area is 89.6 Å². The third-order valence-corrected chi connectivity index (χ3v) is 3.52. The van der Waals surface area contributed by atoms with Gasteiger partial charge in [-0.3, -0.25) is 10.2 Å². The average molecular weight is 233 g/mol. The lowest BCUT2D eigenvalue weighted by Gasteiger charge is -2.13. The first-order valence-corrected chi connectivity index (χ1v) is 5.42. The summed E-state index contributed by atoms with van der Waals surface area (Å²) in [6.45, 7) is 0. The van der Waals surface area contributed by atoms with Gasteiger partial charge in [-0.15, -0.1) is 0 Å². The number of hydrazine groups is 1. The summed E-state index contributed by atoms with van der Waals surface area (Å²) in [6.07, 6.45) is 0. The Hall–Kier alpha value is -0.750. The Morgan fingerprint density at radius 3 is 2.57 bits per heavy atom. The summed E-state index contributed by atoms with van der Waals surface area (Å²) in [5.41, 5.74) is 1.85. The van der Waals surface area contributed by atoms with Crippen molar-refractivity contribution >= 4 is 28.7 Å². The summed E-state index contributed by atoms with van der Waals surface area (Å²) in [5, 5.41) is 0. The van der Waals surface area contributed by atoms with E-state index >= 15 is 0 Å². The van der Waals surface area contributed by atoms with Crippen molar-refractivity contribution in [1.82, 2.24) is 5.43 Å². The second kappa shape index (κ2) is 5.21. The summed E-state index contributed by atoms with van der Waals surface area (Å²) < 4.78 is 10.4. The highest BCUT2D eigenvalue weighted by Crippen LogP contribution is 2.18. The summed E-state index contributed by atoms with van der Waals surface area (Å²) >= 11 is 4.04. The number of hydrogen-bond donors (Lipinski definition) is 2. The molecule has 2 atom stereocenters. The molecule has 0 spiro atoms. The smallest absolute Gasteiger partial charge is 0.303 e. The number of benzene rings is 1. The number of rotatable bonds is 3. The topological polar surface area (TPSA) is 78.2 Å². The maximum atomic E-state index is 11.6. The van der Waals surface area contributed by atoms with E-state index in [1.54, 1.807) is 30.3 Å². The Morgan fingerprint density at radius 1 is 1.50 bits per heavy atom. The number of carbonyl (C=O) groups excluding carboxylic acids is 1. The monoisotopic (exact) mass is 232 g/mol. The van der Waals surface area contributed by atoms with Crippen molar-refractivity contribution in [2.45, 2.75) is 9.60 Å². The van der Waals surface area contributed by atoms with E-state index < -0.39 is 21.8 Å². The molecule has 1 aromatic carbocycles. The Bertz CT molecular complexity index is 309. The number of halogens is 1. The number of amides is 1. The fourth-order valence-electron chi connectivity index (χ4n) is 0.837. The van der Waals surface area contributed by atoms with Crippen LogP contribution in [0.1, 0.15) is 0 Å². The van der Waals surface area contributed by atoms with Crippen molar-refractivity contribution in [3.8, 4) is 0 Å². The molecule has 0 aliphatic heterocycles. The van der Waals surface area contributed by atoms with E-state index in [0.29, 0.717) is 4.90 Å². The molecule has 1 rings (SSSR count). The van der Waals surface area contributed by atoms with Crippen molar-refractivity contribution in [2.24, 2.45) is 5.84 Å². The predicted octanol–water partition coefficient (Wildman–Crippen LogP) is 0.349. The highest BCUT2D eigenvalue weighted by Gasteiger charge is 2.29. The van der Waals surface area contributed by atoms with Crippen LogP contribution in [0.15, 0.2) is 35.2 Å². The van der Waals surface area contributed by atoms with Crippen LogP contribution < -0.4 is 11.3 Å². The highest BCUT2D eigenvalue weighted by atomic mass is 35.5. The number of nitrogens with two attached hydrogens (primary N) is 1. The molecule has 76 valence electrons. The van der Waals surface area contributed by atoms with E-state index in [4.69, 9.17) is 17.4 Å². The molecule has 0 fully saturated rings. The first-order valence-electron chi connectivity index (χ1n) is 3.77. The lowest BCUT2D eigenvalue weighted by atomic mass is 10.4. The van der Waals surface area contributed by atoms with Gasteiger partial charge in [-0.05, 0) is 12.1 Å². The molecule has 0 aliphatic rings. The van der Waals surface area contributed by atoms with Crippen LogP contribution in [0.5, 0.6) is 0 Å². The molecular weight excluding hydrogens is 224 g/mol. The van der Waals surface area contributed by atoms with Gasteiger partial charge in [0.15, 0.2) is 4.90 Å². The third kappa shape index (κ3) is 2.62. The number of carbonyl (C=O) groups is 1. The minimum Gasteiger partial charge on any atom is -0.610 e. The standard InChI is InChI=1S/C8H9ClN2O2S/c9-7(8(12)11-10)14(13)6-4-2-1-3-5-6/h1-5,7H,10H2,(H,11,12). The minimum atomic E-state index is -1.58. The zero-order valence-electron chi connectivity index (χ0n) is 7.14. The van der Waals surface area contributed by atoms with Gasteiger partial charge >= 0.3 is 5.91 Å². The number of nitrogens with one attached hydrogen (secondary N) is 1. The van der Waals surface area contributed by atoms with Crippen LogP contribution in [-0.2, 0) is 16.0 Å². The van der Waals surface area contributed by atoms with Crippen LogP contribution in [0.4, 0.5) is 0 Å². The molecular formula is C8H9ClN2O2S. The van der Waals surface area contributed by atoms with Gasteiger partial charge in [0.2, 0.25) is 0 Å².